The van der Waals surface area contributed by atoms with Crippen LogP contribution in [0.4, 0.5) is 0 Å². The number of fused-ring (bicyclic) bond motifs is 3. The largest absolute Gasteiger partial charge is 0.460 e. The molecule has 51 heavy (non-hydrogen) atoms. The standard InChI is InChI=1S/C17H19NO4.C10H15NO3.C8H10O3.C2H7NO/c19-15-13-8-4-5-9-14(13)16(20)18(15)10-11-22-17(21)12-6-2-1-3-7-12;12-6-5-11-9(13)7-3-1-2-4-8(7)10(11)14;9-7-5-3-1-2-4-6(5)8(10)11-7;3-1-2-4/h1-3,6-7,13-14H,4-5,8-11H2;7-8,12H,1-6H2;5-6H,1-4H2;4H,1-3H2. The van der Waals surface area contributed by atoms with Crippen LogP contribution >= 0.6 is 0 Å². The number of amides is 4. The Bertz CT molecular complexity index is 1330. The lowest BCUT2D eigenvalue weighted by Crippen LogP contribution is -2.34. The molecule has 6 atom stereocenters. The number of ether oxygens (including phenoxy) is 2. The zero-order chi connectivity index (χ0) is 36.9. The van der Waals surface area contributed by atoms with E-state index in [1.54, 1.807) is 24.3 Å². The molecule has 3 saturated carbocycles. The van der Waals surface area contributed by atoms with Crippen LogP contribution in [-0.2, 0) is 38.2 Å². The van der Waals surface area contributed by atoms with Gasteiger partial charge in [0.15, 0.2) is 0 Å². The number of esters is 3. The molecule has 14 nitrogen and oxygen atoms in total. The van der Waals surface area contributed by atoms with E-state index in [0.29, 0.717) is 12.1 Å². The SMILES string of the molecule is NCCO.O=C(OCCN1C(=O)C2CCCCC2C1=O)c1ccccc1.O=C1C2CCCCC2C(=O)N1CCO.O=C1OC(=O)C2CCCCC12. The number of aliphatic hydroxyl groups is 2. The predicted octanol–water partition coefficient (Wildman–Crippen LogP) is 1.99. The van der Waals surface area contributed by atoms with Gasteiger partial charge in [0.1, 0.15) is 6.61 Å². The van der Waals surface area contributed by atoms with Gasteiger partial charge in [-0.15, -0.1) is 0 Å². The average Bonchev–Trinajstić information content (AvgIpc) is 3.70. The number of nitrogens with zero attached hydrogens (tertiary/aromatic N) is 2. The van der Waals surface area contributed by atoms with Gasteiger partial charge < -0.3 is 25.4 Å². The summed E-state index contributed by atoms with van der Waals surface area (Å²) in [5, 5.41) is 16.5. The van der Waals surface area contributed by atoms with E-state index in [9.17, 15) is 33.6 Å². The number of aliphatic hydroxyl groups excluding tert-OH is 2. The third-order valence-electron chi connectivity index (χ3n) is 10.4. The van der Waals surface area contributed by atoms with Gasteiger partial charge in [0, 0.05) is 6.54 Å². The highest BCUT2D eigenvalue weighted by molar-refractivity contribution is 6.06. The van der Waals surface area contributed by atoms with Crippen molar-refractivity contribution in [3.05, 3.63) is 35.9 Å². The van der Waals surface area contributed by atoms with E-state index in [2.05, 4.69) is 4.74 Å². The van der Waals surface area contributed by atoms with Crippen molar-refractivity contribution in [1.82, 2.24) is 9.80 Å². The van der Waals surface area contributed by atoms with Crippen LogP contribution in [0.25, 0.3) is 0 Å². The third kappa shape index (κ3) is 9.86. The minimum Gasteiger partial charge on any atom is -0.460 e. The second-order valence-electron chi connectivity index (χ2n) is 13.6. The topological polar surface area (TPSA) is 211 Å². The van der Waals surface area contributed by atoms with Crippen LogP contribution in [0.5, 0.6) is 0 Å². The first kappa shape index (κ1) is 39.8. The van der Waals surface area contributed by atoms with Crippen molar-refractivity contribution in [1.29, 1.82) is 0 Å². The van der Waals surface area contributed by atoms with Gasteiger partial charge in [-0.05, 0) is 50.7 Å². The van der Waals surface area contributed by atoms with E-state index in [1.807, 2.05) is 6.07 Å². The van der Waals surface area contributed by atoms with Crippen molar-refractivity contribution < 1.29 is 53.2 Å². The van der Waals surface area contributed by atoms with Crippen molar-refractivity contribution in [2.45, 2.75) is 77.0 Å². The van der Waals surface area contributed by atoms with Crippen molar-refractivity contribution in [2.75, 3.05) is 39.5 Å². The molecule has 0 radical (unpaired) electrons. The molecular weight excluding hydrogens is 662 g/mol. The molecule has 3 aliphatic carbocycles. The Morgan fingerprint density at radius 2 is 1.00 bits per heavy atom. The molecule has 1 aromatic carbocycles. The molecule has 14 heteroatoms. The summed E-state index contributed by atoms with van der Waals surface area (Å²) in [4.78, 5) is 84.3. The van der Waals surface area contributed by atoms with Crippen LogP contribution in [0.3, 0.4) is 0 Å². The summed E-state index contributed by atoms with van der Waals surface area (Å²) in [5.41, 5.74) is 5.25. The number of carbonyl (C=O) groups is 7. The van der Waals surface area contributed by atoms with Crippen LogP contribution in [0.2, 0.25) is 0 Å². The smallest absolute Gasteiger partial charge is 0.338 e. The van der Waals surface area contributed by atoms with Gasteiger partial charge in [0.05, 0.1) is 67.4 Å². The van der Waals surface area contributed by atoms with Gasteiger partial charge in [0.25, 0.3) is 0 Å². The fraction of sp³-hybridized carbons (Fsp3) is 0.649. The number of β-amino-alcohol motifs (C(OH)–C–C–N with tert-alkyl or cyclic N) is 1. The molecule has 3 saturated heterocycles. The number of benzene rings is 1. The monoisotopic (exact) mass is 713 g/mol. The first-order chi connectivity index (χ1) is 24.6. The number of hydrogen-bond acceptors (Lipinski definition) is 12. The molecule has 280 valence electrons. The van der Waals surface area contributed by atoms with E-state index >= 15 is 0 Å². The molecule has 4 N–H and O–H groups in total. The lowest BCUT2D eigenvalue weighted by atomic mass is 9.81. The van der Waals surface area contributed by atoms with Crippen LogP contribution in [0.1, 0.15) is 87.4 Å². The van der Waals surface area contributed by atoms with Crippen molar-refractivity contribution in [3.8, 4) is 0 Å². The summed E-state index contributed by atoms with van der Waals surface area (Å²) in [6, 6.07) is 8.68. The first-order valence-corrected chi connectivity index (χ1v) is 18.2. The molecule has 0 aromatic heterocycles. The molecule has 4 amide bonds. The van der Waals surface area contributed by atoms with Crippen LogP contribution in [0, 0.1) is 35.5 Å². The number of imide groups is 2. The van der Waals surface area contributed by atoms with Crippen molar-refractivity contribution >= 4 is 41.5 Å². The zero-order valence-electron chi connectivity index (χ0n) is 29.1. The zero-order valence-corrected chi connectivity index (χ0v) is 29.1. The van der Waals surface area contributed by atoms with E-state index in [-0.39, 0.29) is 104 Å². The average molecular weight is 714 g/mol. The number of rotatable bonds is 7. The minimum absolute atomic E-state index is 0.0463. The predicted molar refractivity (Wildman–Crippen MR) is 181 cm³/mol. The second kappa shape index (κ2) is 19.6. The highest BCUT2D eigenvalue weighted by Gasteiger charge is 2.49. The van der Waals surface area contributed by atoms with Crippen LogP contribution < -0.4 is 5.73 Å². The van der Waals surface area contributed by atoms with E-state index in [0.717, 1.165) is 77.0 Å². The molecule has 3 aliphatic heterocycles. The summed E-state index contributed by atoms with van der Waals surface area (Å²) in [6.45, 7) is 0.718. The third-order valence-corrected chi connectivity index (χ3v) is 10.4. The summed E-state index contributed by atoms with van der Waals surface area (Å²) < 4.78 is 9.69. The Balaban J connectivity index is 0.000000172. The van der Waals surface area contributed by atoms with Crippen LogP contribution in [0.15, 0.2) is 30.3 Å². The number of carbonyl (C=O) groups excluding carboxylic acids is 7. The normalized spacial score (nSPS) is 27.8. The molecule has 6 unspecified atom stereocenters. The first-order valence-electron chi connectivity index (χ1n) is 18.2. The van der Waals surface area contributed by atoms with Gasteiger partial charge in [-0.1, -0.05) is 56.7 Å². The van der Waals surface area contributed by atoms with E-state index < -0.39 is 5.97 Å². The molecular formula is C37H51N3O11. The Kier molecular flexibility index (Phi) is 15.3. The highest BCUT2D eigenvalue weighted by atomic mass is 16.6. The number of nitrogens with two attached hydrogens (primary N) is 1. The maximum absolute atomic E-state index is 12.3. The fourth-order valence-corrected chi connectivity index (χ4v) is 7.84. The Hall–Kier alpha value is -4.01. The number of cyclic esters (lactones) is 2. The van der Waals surface area contributed by atoms with Gasteiger partial charge in [-0.25, -0.2) is 4.79 Å². The molecule has 0 spiro atoms. The molecule has 6 fully saturated rings. The lowest BCUT2D eigenvalue weighted by Gasteiger charge is -2.19. The maximum atomic E-state index is 12.3. The molecule has 1 aromatic rings. The minimum atomic E-state index is -0.433. The summed E-state index contributed by atoms with van der Waals surface area (Å²) >= 11 is 0. The van der Waals surface area contributed by atoms with Crippen molar-refractivity contribution in [2.24, 2.45) is 41.2 Å². The molecule has 0 bridgehead atoms. The maximum Gasteiger partial charge on any atom is 0.338 e. The van der Waals surface area contributed by atoms with E-state index in [1.165, 1.54) is 9.80 Å². The Labute approximate surface area is 298 Å². The molecule has 3 heterocycles. The fourth-order valence-electron chi connectivity index (χ4n) is 7.84. The Morgan fingerprint density at radius 1 is 0.627 bits per heavy atom. The van der Waals surface area contributed by atoms with Crippen molar-refractivity contribution in [3.63, 3.8) is 0 Å². The summed E-state index contributed by atoms with van der Waals surface area (Å²) in [5.74, 6) is -1.98. The molecule has 6 aliphatic rings. The Morgan fingerprint density at radius 3 is 1.37 bits per heavy atom. The van der Waals surface area contributed by atoms with Gasteiger partial charge in [-0.2, -0.15) is 0 Å². The van der Waals surface area contributed by atoms with Gasteiger partial charge >= 0.3 is 17.9 Å². The quantitative estimate of drug-likeness (QED) is 0.210. The van der Waals surface area contributed by atoms with Gasteiger partial charge in [0.2, 0.25) is 23.6 Å². The number of hydrogen-bond donors (Lipinski definition) is 3. The van der Waals surface area contributed by atoms with Gasteiger partial charge in [-0.3, -0.25) is 38.6 Å². The lowest BCUT2D eigenvalue weighted by molar-refractivity contribution is -0.154. The summed E-state index contributed by atoms with van der Waals surface area (Å²) in [7, 11) is 0. The second-order valence-corrected chi connectivity index (χ2v) is 13.6. The van der Waals surface area contributed by atoms with Crippen LogP contribution in [-0.4, -0.2) is 101 Å². The molecule has 7 rings (SSSR count). The number of likely N-dealkylation sites (tertiary alicyclic amines) is 2. The van der Waals surface area contributed by atoms with E-state index in [4.69, 9.17) is 20.7 Å². The summed E-state index contributed by atoms with van der Waals surface area (Å²) in [6.07, 6.45) is 11.2. The highest BCUT2D eigenvalue weighted by Crippen LogP contribution is 2.39.